The summed E-state index contributed by atoms with van der Waals surface area (Å²) in [5.41, 5.74) is 0. The molecule has 66 valence electrons. The summed E-state index contributed by atoms with van der Waals surface area (Å²) in [6, 6.07) is 0. The topological polar surface area (TPSA) is 20.2 Å². The SMILES string of the molecule is C[Si](C)(C)/C(I)=C\CCCO. The molecule has 11 heavy (non-hydrogen) atoms. The average Bonchev–Trinajstić information content (AvgIpc) is 1.86. The Labute approximate surface area is 84.0 Å². The number of halogens is 1. The van der Waals surface area contributed by atoms with E-state index in [-0.39, 0.29) is 0 Å². The molecule has 1 nitrogen and oxygen atoms in total. The van der Waals surface area contributed by atoms with Crippen LogP contribution in [-0.2, 0) is 0 Å². The molecule has 0 radical (unpaired) electrons. The minimum Gasteiger partial charge on any atom is -0.396 e. The van der Waals surface area contributed by atoms with Crippen molar-refractivity contribution >= 4 is 30.7 Å². The fourth-order valence-electron chi connectivity index (χ4n) is 0.626. The highest BCUT2D eigenvalue weighted by atomic mass is 127. The van der Waals surface area contributed by atoms with Crippen molar-refractivity contribution in [2.45, 2.75) is 32.5 Å². The van der Waals surface area contributed by atoms with E-state index in [1.54, 1.807) is 0 Å². The summed E-state index contributed by atoms with van der Waals surface area (Å²) in [6.07, 6.45) is 4.19. The Hall–Kier alpha value is 0.647. The molecule has 0 saturated heterocycles. The Kier molecular flexibility index (Phi) is 5.63. The molecule has 0 aromatic rings. The van der Waals surface area contributed by atoms with Crippen LogP contribution in [0.15, 0.2) is 9.28 Å². The van der Waals surface area contributed by atoms with E-state index in [2.05, 4.69) is 48.3 Å². The molecule has 0 aromatic heterocycles. The van der Waals surface area contributed by atoms with E-state index >= 15 is 0 Å². The summed E-state index contributed by atoms with van der Waals surface area (Å²) in [6.45, 7) is 7.32. The van der Waals surface area contributed by atoms with Gasteiger partial charge in [0, 0.05) is 6.61 Å². The quantitative estimate of drug-likeness (QED) is 0.478. The second-order valence-corrected chi connectivity index (χ2v) is 10.9. The molecule has 3 heteroatoms. The first-order valence-electron chi connectivity index (χ1n) is 3.95. The second kappa shape index (κ2) is 5.32. The van der Waals surface area contributed by atoms with E-state index in [1.807, 2.05) is 0 Å². The molecule has 0 fully saturated rings. The third-order valence-electron chi connectivity index (χ3n) is 1.40. The minimum atomic E-state index is -1.04. The molecule has 0 spiro atoms. The van der Waals surface area contributed by atoms with Crippen LogP contribution in [0.1, 0.15) is 12.8 Å². The van der Waals surface area contributed by atoms with Gasteiger partial charge in [-0.15, -0.1) is 0 Å². The lowest BCUT2D eigenvalue weighted by atomic mass is 10.3. The molecule has 0 rings (SSSR count). The monoisotopic (exact) mass is 284 g/mol. The van der Waals surface area contributed by atoms with Gasteiger partial charge < -0.3 is 5.11 Å². The number of hydrogen-bond donors (Lipinski definition) is 1. The first kappa shape index (κ1) is 11.6. The largest absolute Gasteiger partial charge is 0.396 e. The lowest BCUT2D eigenvalue weighted by Gasteiger charge is -2.14. The molecule has 1 N–H and O–H groups in total. The highest BCUT2D eigenvalue weighted by Gasteiger charge is 2.15. The number of hydrogen-bond acceptors (Lipinski definition) is 1. The van der Waals surface area contributed by atoms with Gasteiger partial charge in [0.05, 0.1) is 8.07 Å². The van der Waals surface area contributed by atoms with E-state index in [9.17, 15) is 0 Å². The number of aliphatic hydroxyl groups is 1. The highest BCUT2D eigenvalue weighted by molar-refractivity contribution is 14.1. The van der Waals surface area contributed by atoms with Gasteiger partial charge in [-0.1, -0.05) is 48.3 Å². The fraction of sp³-hybridized carbons (Fsp3) is 0.750. The van der Waals surface area contributed by atoms with Gasteiger partial charge in [0.2, 0.25) is 0 Å². The molecule has 0 bridgehead atoms. The molecule has 0 aliphatic carbocycles. The summed E-state index contributed by atoms with van der Waals surface area (Å²) in [7, 11) is -1.04. The van der Waals surface area contributed by atoms with Gasteiger partial charge in [0.25, 0.3) is 0 Å². The van der Waals surface area contributed by atoms with E-state index in [4.69, 9.17) is 5.11 Å². The summed E-state index contributed by atoms with van der Waals surface area (Å²) < 4.78 is 1.52. The minimum absolute atomic E-state index is 0.312. The van der Waals surface area contributed by atoms with Crippen molar-refractivity contribution < 1.29 is 5.11 Å². The van der Waals surface area contributed by atoms with Crippen LogP contribution in [0.25, 0.3) is 0 Å². The fourth-order valence-corrected chi connectivity index (χ4v) is 1.69. The van der Waals surface area contributed by atoms with Crippen LogP contribution < -0.4 is 0 Å². The molecule has 0 heterocycles. The van der Waals surface area contributed by atoms with Crippen molar-refractivity contribution in [3.63, 3.8) is 0 Å². The van der Waals surface area contributed by atoms with Crippen molar-refractivity contribution in [3.8, 4) is 0 Å². The normalized spacial score (nSPS) is 13.7. The van der Waals surface area contributed by atoms with Gasteiger partial charge in [-0.3, -0.25) is 0 Å². The predicted octanol–water partition coefficient (Wildman–Crippen LogP) is 2.96. The van der Waals surface area contributed by atoms with Crippen LogP contribution >= 0.6 is 22.6 Å². The summed E-state index contributed by atoms with van der Waals surface area (Å²) >= 11 is 2.43. The van der Waals surface area contributed by atoms with Gasteiger partial charge in [-0.05, 0) is 16.0 Å². The molecule has 0 unspecified atom stereocenters. The Morgan fingerprint density at radius 1 is 1.45 bits per heavy atom. The van der Waals surface area contributed by atoms with Crippen LogP contribution in [0, 0.1) is 0 Å². The summed E-state index contributed by atoms with van der Waals surface area (Å²) in [5, 5.41) is 8.56. The maximum Gasteiger partial charge on any atom is 0.0850 e. The average molecular weight is 284 g/mol. The Morgan fingerprint density at radius 2 is 2.00 bits per heavy atom. The van der Waals surface area contributed by atoms with Crippen LogP contribution in [-0.4, -0.2) is 19.8 Å². The maximum absolute atomic E-state index is 8.56. The molecule has 0 aromatic carbocycles. The molecule has 0 atom stereocenters. The summed E-state index contributed by atoms with van der Waals surface area (Å²) in [4.78, 5) is 0. The zero-order chi connectivity index (χ0) is 8.91. The zero-order valence-electron chi connectivity index (χ0n) is 7.52. The lowest BCUT2D eigenvalue weighted by molar-refractivity contribution is 0.289. The number of allylic oxidation sites excluding steroid dienone is 1. The predicted molar refractivity (Wildman–Crippen MR) is 61.8 cm³/mol. The Morgan fingerprint density at radius 3 is 2.36 bits per heavy atom. The second-order valence-electron chi connectivity index (χ2n) is 3.67. The summed E-state index contributed by atoms with van der Waals surface area (Å²) in [5.74, 6) is 0. The van der Waals surface area contributed by atoms with Crippen molar-refractivity contribution in [3.05, 3.63) is 9.28 Å². The van der Waals surface area contributed by atoms with Gasteiger partial charge >= 0.3 is 0 Å². The standard InChI is InChI=1S/C8H17IOSi/c1-11(2,3)8(9)6-4-5-7-10/h6,10H,4-5,7H2,1-3H3/b8-6-. The Bertz CT molecular complexity index is 138. The van der Waals surface area contributed by atoms with Gasteiger partial charge in [0.1, 0.15) is 0 Å². The zero-order valence-corrected chi connectivity index (χ0v) is 10.7. The van der Waals surface area contributed by atoms with Crippen molar-refractivity contribution in [2.75, 3.05) is 6.61 Å². The lowest BCUT2D eigenvalue weighted by Crippen LogP contribution is -2.20. The van der Waals surface area contributed by atoms with Crippen LogP contribution in [0.3, 0.4) is 0 Å². The van der Waals surface area contributed by atoms with E-state index in [0.717, 1.165) is 12.8 Å². The number of aliphatic hydroxyl groups excluding tert-OH is 1. The third-order valence-corrected chi connectivity index (χ3v) is 8.33. The van der Waals surface area contributed by atoms with Crippen molar-refractivity contribution in [1.82, 2.24) is 0 Å². The van der Waals surface area contributed by atoms with E-state index in [0.29, 0.717) is 6.61 Å². The van der Waals surface area contributed by atoms with Crippen LogP contribution in [0.2, 0.25) is 19.6 Å². The molecular weight excluding hydrogens is 267 g/mol. The molecule has 0 amide bonds. The van der Waals surface area contributed by atoms with Crippen LogP contribution in [0.4, 0.5) is 0 Å². The van der Waals surface area contributed by atoms with Gasteiger partial charge in [0.15, 0.2) is 0 Å². The first-order valence-corrected chi connectivity index (χ1v) is 8.53. The van der Waals surface area contributed by atoms with E-state index < -0.39 is 8.07 Å². The van der Waals surface area contributed by atoms with Gasteiger partial charge in [-0.2, -0.15) is 0 Å². The third kappa shape index (κ3) is 5.87. The maximum atomic E-state index is 8.56. The molecule has 0 aliphatic heterocycles. The van der Waals surface area contributed by atoms with Crippen LogP contribution in [0.5, 0.6) is 0 Å². The van der Waals surface area contributed by atoms with Crippen molar-refractivity contribution in [2.24, 2.45) is 0 Å². The molecule has 0 aliphatic rings. The molecule has 0 saturated carbocycles. The highest BCUT2D eigenvalue weighted by Crippen LogP contribution is 2.21. The first-order chi connectivity index (χ1) is 4.98. The van der Waals surface area contributed by atoms with E-state index in [1.165, 1.54) is 3.20 Å². The number of unbranched alkanes of at least 4 members (excludes halogenated alkanes) is 1. The van der Waals surface area contributed by atoms with Gasteiger partial charge in [-0.25, -0.2) is 0 Å². The molecular formula is C8H17IOSi. The smallest absolute Gasteiger partial charge is 0.0850 e. The number of rotatable bonds is 4. The Balaban J connectivity index is 3.81. The van der Waals surface area contributed by atoms with Crippen molar-refractivity contribution in [1.29, 1.82) is 0 Å².